The van der Waals surface area contributed by atoms with Crippen LogP contribution in [0.1, 0.15) is 23.0 Å². The van der Waals surface area contributed by atoms with Gasteiger partial charge in [0.2, 0.25) is 0 Å². The Morgan fingerprint density at radius 1 is 1.43 bits per heavy atom. The van der Waals surface area contributed by atoms with Gasteiger partial charge >= 0.3 is 0 Å². The summed E-state index contributed by atoms with van der Waals surface area (Å²) in [7, 11) is 0. The highest BCUT2D eigenvalue weighted by molar-refractivity contribution is 7.98. The van der Waals surface area contributed by atoms with E-state index >= 15 is 0 Å². The summed E-state index contributed by atoms with van der Waals surface area (Å²) >= 11 is 1.50. The highest BCUT2D eigenvalue weighted by Gasteiger charge is 2.19. The van der Waals surface area contributed by atoms with Gasteiger partial charge in [0.1, 0.15) is 0 Å². The number of benzene rings is 1. The standard InChI is InChI=1S/C15H16N4OS/c1-4-19-8(2)11(14(16)20)10-6-5-9-7-17-15(21-3)18-12(9)13(10)19/h5-7H,4H2,1-3H3,(H2,16,20). The van der Waals surface area contributed by atoms with Gasteiger partial charge in [-0.15, -0.1) is 0 Å². The van der Waals surface area contributed by atoms with Crippen LogP contribution in [-0.2, 0) is 6.54 Å². The zero-order valence-electron chi connectivity index (χ0n) is 12.2. The first kappa shape index (κ1) is 13.9. The fraction of sp³-hybridized carbons (Fsp3) is 0.267. The summed E-state index contributed by atoms with van der Waals surface area (Å²) in [5, 5.41) is 2.54. The number of thioether (sulfide) groups is 1. The molecule has 0 aliphatic rings. The maximum Gasteiger partial charge on any atom is 0.251 e. The number of rotatable bonds is 3. The fourth-order valence-electron chi connectivity index (χ4n) is 2.84. The van der Waals surface area contributed by atoms with Crippen LogP contribution in [0.15, 0.2) is 23.5 Å². The molecule has 6 heteroatoms. The van der Waals surface area contributed by atoms with E-state index in [9.17, 15) is 4.79 Å². The van der Waals surface area contributed by atoms with Crippen molar-refractivity contribution in [2.24, 2.45) is 5.73 Å². The zero-order valence-corrected chi connectivity index (χ0v) is 13.0. The number of amides is 1. The summed E-state index contributed by atoms with van der Waals surface area (Å²) in [5.74, 6) is -0.400. The molecule has 0 spiro atoms. The Labute approximate surface area is 126 Å². The molecular weight excluding hydrogens is 284 g/mol. The molecule has 3 aromatic rings. The van der Waals surface area contributed by atoms with E-state index in [0.717, 1.165) is 39.2 Å². The summed E-state index contributed by atoms with van der Waals surface area (Å²) in [4.78, 5) is 20.7. The van der Waals surface area contributed by atoms with Crippen LogP contribution in [0.4, 0.5) is 0 Å². The van der Waals surface area contributed by atoms with Crippen LogP contribution in [0.2, 0.25) is 0 Å². The largest absolute Gasteiger partial charge is 0.366 e. The molecule has 108 valence electrons. The van der Waals surface area contributed by atoms with Crippen molar-refractivity contribution >= 4 is 39.5 Å². The summed E-state index contributed by atoms with van der Waals surface area (Å²) in [6.07, 6.45) is 3.76. The third-order valence-electron chi connectivity index (χ3n) is 3.76. The van der Waals surface area contributed by atoms with Crippen molar-refractivity contribution in [1.29, 1.82) is 0 Å². The highest BCUT2D eigenvalue weighted by Crippen LogP contribution is 2.31. The molecule has 21 heavy (non-hydrogen) atoms. The van der Waals surface area contributed by atoms with Gasteiger partial charge in [0.25, 0.3) is 5.91 Å². The Bertz CT molecular complexity index is 869. The Morgan fingerprint density at radius 3 is 2.81 bits per heavy atom. The van der Waals surface area contributed by atoms with Gasteiger partial charge in [-0.25, -0.2) is 9.97 Å². The lowest BCUT2D eigenvalue weighted by atomic mass is 10.1. The smallest absolute Gasteiger partial charge is 0.251 e. The lowest BCUT2D eigenvalue weighted by molar-refractivity contribution is 0.100. The molecule has 2 heterocycles. The number of aromatic nitrogens is 3. The van der Waals surface area contributed by atoms with Crippen LogP contribution >= 0.6 is 11.8 Å². The first-order valence-corrected chi connectivity index (χ1v) is 7.93. The number of primary amides is 1. The number of hydrogen-bond acceptors (Lipinski definition) is 4. The Hall–Kier alpha value is -2.08. The number of fused-ring (bicyclic) bond motifs is 3. The second-order valence-corrected chi connectivity index (χ2v) is 5.60. The third-order valence-corrected chi connectivity index (χ3v) is 4.32. The maximum atomic E-state index is 11.8. The molecule has 3 rings (SSSR count). The van der Waals surface area contributed by atoms with Crippen molar-refractivity contribution in [3.63, 3.8) is 0 Å². The molecule has 0 radical (unpaired) electrons. The number of aryl methyl sites for hydroxylation is 1. The molecule has 0 atom stereocenters. The monoisotopic (exact) mass is 300 g/mol. The van der Waals surface area contributed by atoms with Gasteiger partial charge in [-0.2, -0.15) is 0 Å². The topological polar surface area (TPSA) is 73.8 Å². The number of nitrogens with two attached hydrogens (primary N) is 1. The number of carbonyl (C=O) groups is 1. The second kappa shape index (κ2) is 5.04. The lowest BCUT2D eigenvalue weighted by Crippen LogP contribution is -2.12. The van der Waals surface area contributed by atoms with E-state index in [-0.39, 0.29) is 0 Å². The molecule has 0 saturated carbocycles. The average molecular weight is 300 g/mol. The van der Waals surface area contributed by atoms with Gasteiger partial charge in [-0.05, 0) is 20.1 Å². The van der Waals surface area contributed by atoms with Crippen molar-refractivity contribution in [2.45, 2.75) is 25.5 Å². The summed E-state index contributed by atoms with van der Waals surface area (Å²) < 4.78 is 2.09. The molecule has 0 aliphatic heterocycles. The van der Waals surface area contributed by atoms with Gasteiger partial charge in [-0.1, -0.05) is 23.9 Å². The molecule has 0 fully saturated rings. The molecule has 5 nitrogen and oxygen atoms in total. The molecule has 2 N–H and O–H groups in total. The average Bonchev–Trinajstić information content (AvgIpc) is 2.78. The van der Waals surface area contributed by atoms with Gasteiger partial charge in [0.05, 0.1) is 16.6 Å². The van der Waals surface area contributed by atoms with Gasteiger partial charge < -0.3 is 10.3 Å². The quantitative estimate of drug-likeness (QED) is 0.596. The molecule has 0 saturated heterocycles. The van der Waals surface area contributed by atoms with E-state index < -0.39 is 5.91 Å². The Morgan fingerprint density at radius 2 is 2.19 bits per heavy atom. The van der Waals surface area contributed by atoms with Crippen LogP contribution in [0.25, 0.3) is 21.8 Å². The van der Waals surface area contributed by atoms with Crippen molar-refractivity contribution in [3.05, 3.63) is 29.6 Å². The van der Waals surface area contributed by atoms with E-state index in [1.54, 1.807) is 0 Å². The van der Waals surface area contributed by atoms with Crippen molar-refractivity contribution in [3.8, 4) is 0 Å². The molecule has 0 aliphatic carbocycles. The minimum Gasteiger partial charge on any atom is -0.366 e. The Kier molecular flexibility index (Phi) is 3.33. The van der Waals surface area contributed by atoms with E-state index in [0.29, 0.717) is 5.56 Å². The first-order valence-electron chi connectivity index (χ1n) is 6.70. The summed E-state index contributed by atoms with van der Waals surface area (Å²) in [6.45, 7) is 4.73. The van der Waals surface area contributed by atoms with Crippen LogP contribution in [-0.4, -0.2) is 26.7 Å². The molecule has 2 aromatic heterocycles. The van der Waals surface area contributed by atoms with Gasteiger partial charge in [-0.3, -0.25) is 4.79 Å². The fourth-order valence-corrected chi connectivity index (χ4v) is 3.18. The maximum absolute atomic E-state index is 11.8. The molecular formula is C15H16N4OS. The predicted octanol–water partition coefficient (Wildman–Crippen LogP) is 2.73. The number of hydrogen-bond donors (Lipinski definition) is 1. The van der Waals surface area contributed by atoms with Crippen LogP contribution in [0.5, 0.6) is 0 Å². The lowest BCUT2D eigenvalue weighted by Gasteiger charge is -2.07. The van der Waals surface area contributed by atoms with E-state index in [4.69, 9.17) is 5.73 Å². The number of nitrogens with zero attached hydrogens (tertiary/aromatic N) is 3. The Balaban J connectivity index is 2.54. The summed E-state index contributed by atoms with van der Waals surface area (Å²) in [6, 6.07) is 3.87. The second-order valence-electron chi connectivity index (χ2n) is 4.83. The van der Waals surface area contributed by atoms with Crippen molar-refractivity contribution in [2.75, 3.05) is 6.26 Å². The predicted molar refractivity (Wildman–Crippen MR) is 85.7 cm³/mol. The van der Waals surface area contributed by atoms with Crippen LogP contribution in [0, 0.1) is 6.92 Å². The van der Waals surface area contributed by atoms with E-state index in [2.05, 4.69) is 14.5 Å². The zero-order chi connectivity index (χ0) is 15.1. The van der Waals surface area contributed by atoms with E-state index in [1.165, 1.54) is 11.8 Å². The van der Waals surface area contributed by atoms with Crippen LogP contribution < -0.4 is 5.73 Å². The van der Waals surface area contributed by atoms with Crippen LogP contribution in [0.3, 0.4) is 0 Å². The molecule has 0 bridgehead atoms. The number of carbonyl (C=O) groups excluding carboxylic acids is 1. The van der Waals surface area contributed by atoms with Crippen molar-refractivity contribution in [1.82, 2.24) is 14.5 Å². The first-order chi connectivity index (χ1) is 10.1. The van der Waals surface area contributed by atoms with Crippen molar-refractivity contribution < 1.29 is 4.79 Å². The highest BCUT2D eigenvalue weighted by atomic mass is 32.2. The minimum atomic E-state index is -0.400. The minimum absolute atomic E-state index is 0.400. The SMILES string of the molecule is CCn1c(C)c(C(N)=O)c2ccc3cnc(SC)nc3c21. The van der Waals surface area contributed by atoms with E-state index in [1.807, 2.05) is 38.4 Å². The molecule has 1 aromatic carbocycles. The van der Waals surface area contributed by atoms with Gasteiger partial charge in [0, 0.05) is 29.2 Å². The van der Waals surface area contributed by atoms with Gasteiger partial charge in [0.15, 0.2) is 5.16 Å². The normalized spacial score (nSPS) is 11.4. The molecule has 1 amide bonds. The summed E-state index contributed by atoms with van der Waals surface area (Å²) in [5.41, 5.74) is 8.85. The third kappa shape index (κ3) is 1.98. The molecule has 0 unspecified atom stereocenters.